The van der Waals surface area contributed by atoms with Crippen LogP contribution in [-0.2, 0) is 7.05 Å². The van der Waals surface area contributed by atoms with Crippen molar-refractivity contribution in [3.63, 3.8) is 0 Å². The number of fused-ring (bicyclic) bond motifs is 8. The van der Waals surface area contributed by atoms with E-state index < -0.39 is 0 Å². The molecule has 9 rings (SSSR count). The molecule has 0 aliphatic carbocycles. The molecule has 0 unspecified atom stereocenters. The van der Waals surface area contributed by atoms with Gasteiger partial charge in [-0.25, -0.2) is 0 Å². The van der Waals surface area contributed by atoms with Crippen molar-refractivity contribution in [1.29, 1.82) is 0 Å². The van der Waals surface area contributed by atoms with Crippen LogP contribution in [0.5, 0.6) is 0 Å². The summed E-state index contributed by atoms with van der Waals surface area (Å²) in [4.78, 5) is 0. The van der Waals surface area contributed by atoms with Crippen LogP contribution in [0.1, 0.15) is 0 Å². The van der Waals surface area contributed by atoms with Gasteiger partial charge in [-0.15, -0.1) is 0 Å². The number of nitrogens with zero attached hydrogens (tertiary/aromatic N) is 3. The summed E-state index contributed by atoms with van der Waals surface area (Å²) in [6.45, 7) is 0. The number of hydrogen-bond acceptors (Lipinski definition) is 0. The van der Waals surface area contributed by atoms with Crippen LogP contribution in [0, 0.1) is 0 Å². The number of para-hydroxylation sites is 4. The smallest absolute Gasteiger partial charge is 0.304 e. The number of benzene rings is 6. The Morgan fingerprint density at radius 1 is 0.439 bits per heavy atom. The zero-order valence-electron chi connectivity index (χ0n) is 22.5. The highest BCUT2D eigenvalue weighted by molar-refractivity contribution is 7.24. The maximum Gasteiger partial charge on any atom is 0.304 e. The molecule has 9 aromatic rings. The summed E-state index contributed by atoms with van der Waals surface area (Å²) >= 11 is 1.86. The van der Waals surface area contributed by atoms with E-state index in [1.165, 1.54) is 75.4 Å². The van der Waals surface area contributed by atoms with E-state index in [1.54, 1.807) is 0 Å². The Labute approximate surface area is 240 Å². The minimum atomic E-state index is 1.18. The average Bonchev–Trinajstić information content (AvgIpc) is 3.54. The van der Waals surface area contributed by atoms with Crippen LogP contribution in [0.15, 0.2) is 133 Å². The van der Waals surface area contributed by atoms with Crippen molar-refractivity contribution in [2.45, 2.75) is 0 Å². The Kier molecular flexibility index (Phi) is 4.69. The lowest BCUT2D eigenvalue weighted by Crippen LogP contribution is -2.29. The fourth-order valence-electron chi connectivity index (χ4n) is 6.65. The number of aryl methyl sites for hydroxylation is 1. The molecule has 41 heavy (non-hydrogen) atoms. The first-order chi connectivity index (χ1) is 20.3. The van der Waals surface area contributed by atoms with Gasteiger partial charge in [0.05, 0.1) is 33.4 Å². The van der Waals surface area contributed by atoms with Crippen molar-refractivity contribution in [2.24, 2.45) is 7.05 Å². The summed E-state index contributed by atoms with van der Waals surface area (Å²) in [5, 5.41) is 5.14. The third-order valence-electron chi connectivity index (χ3n) is 8.51. The average molecular weight is 544 g/mol. The van der Waals surface area contributed by atoms with Gasteiger partial charge in [0.2, 0.25) is 11.3 Å². The lowest BCUT2D eigenvalue weighted by atomic mass is 10.2. The Hall–Kier alpha value is -5.06. The highest BCUT2D eigenvalue weighted by Crippen LogP contribution is 2.36. The van der Waals surface area contributed by atoms with Crippen molar-refractivity contribution < 1.29 is 4.57 Å². The van der Waals surface area contributed by atoms with Gasteiger partial charge >= 0.3 is 9.40 Å². The minimum Gasteiger partial charge on any atom is -0.309 e. The van der Waals surface area contributed by atoms with Crippen molar-refractivity contribution >= 4 is 75.4 Å². The Bertz CT molecular complexity index is 2220. The molecule has 0 aliphatic rings. The van der Waals surface area contributed by atoms with Crippen molar-refractivity contribution in [1.82, 2.24) is 9.13 Å². The van der Waals surface area contributed by atoms with Gasteiger partial charge in [0.15, 0.2) is 0 Å². The maximum absolute atomic E-state index is 2.40. The van der Waals surface area contributed by atoms with Gasteiger partial charge in [0.1, 0.15) is 7.05 Å². The molecule has 3 heterocycles. The zero-order chi connectivity index (χ0) is 27.1. The lowest BCUT2D eigenvalue weighted by Gasteiger charge is -2.08. The number of hydrogen-bond donors (Lipinski definition) is 0. The Morgan fingerprint density at radius 2 is 0.780 bits per heavy atom. The summed E-state index contributed by atoms with van der Waals surface area (Å²) in [5.74, 6) is 0. The number of aromatic nitrogens is 3. The summed E-state index contributed by atoms with van der Waals surface area (Å²) in [5.41, 5.74) is 9.77. The predicted octanol–water partition coefficient (Wildman–Crippen LogP) is 9.35. The summed E-state index contributed by atoms with van der Waals surface area (Å²) in [7, 11) is 2.18. The zero-order valence-corrected chi connectivity index (χ0v) is 23.3. The molecule has 0 radical (unpaired) electrons. The maximum atomic E-state index is 2.40. The molecular weight excluding hydrogens is 518 g/mol. The molecule has 4 heteroatoms. The standard InChI is InChI=1S/C37H25N3S/c1-38-34-20-18-24(39-30-14-6-2-10-26(30)27-11-3-7-15-31(27)39)22-36(34)41-37-23-25(19-21-35(37)38)40-32-16-8-4-12-28(32)29-13-5-9-17-33(29)40/h2-23H,1H3/q+2. The highest BCUT2D eigenvalue weighted by atomic mass is 32.1. The van der Waals surface area contributed by atoms with Gasteiger partial charge < -0.3 is 9.13 Å². The molecule has 0 fully saturated rings. The van der Waals surface area contributed by atoms with E-state index in [9.17, 15) is 0 Å². The van der Waals surface area contributed by atoms with Crippen molar-refractivity contribution in [3.8, 4) is 11.4 Å². The van der Waals surface area contributed by atoms with Crippen molar-refractivity contribution in [3.05, 3.63) is 133 Å². The first-order valence-corrected chi connectivity index (χ1v) is 14.7. The summed E-state index contributed by atoms with van der Waals surface area (Å²) in [6.07, 6.45) is 0. The first-order valence-electron chi connectivity index (χ1n) is 13.9. The Morgan fingerprint density at radius 3 is 1.15 bits per heavy atom. The topological polar surface area (TPSA) is 13.7 Å². The van der Waals surface area contributed by atoms with Gasteiger partial charge in [0, 0.05) is 45.8 Å². The molecule has 192 valence electrons. The lowest BCUT2D eigenvalue weighted by molar-refractivity contribution is -0.617. The third-order valence-corrected chi connectivity index (χ3v) is 9.60. The molecule has 0 atom stereocenters. The predicted molar refractivity (Wildman–Crippen MR) is 174 cm³/mol. The Balaban J connectivity index is 1.30. The van der Waals surface area contributed by atoms with Crippen LogP contribution >= 0.6 is 11.3 Å². The molecule has 0 spiro atoms. The molecule has 0 bridgehead atoms. The largest absolute Gasteiger partial charge is 0.309 e. The van der Waals surface area contributed by atoms with Crippen LogP contribution in [0.2, 0.25) is 0 Å². The summed E-state index contributed by atoms with van der Waals surface area (Å²) in [6, 6.07) is 48.6. The van der Waals surface area contributed by atoms with Gasteiger partial charge in [-0.05, 0) is 36.4 Å². The van der Waals surface area contributed by atoms with Gasteiger partial charge in [0.25, 0.3) is 11.0 Å². The van der Waals surface area contributed by atoms with Gasteiger partial charge in [-0.2, -0.15) is 4.57 Å². The molecule has 0 amide bonds. The second kappa shape index (κ2) is 8.47. The second-order valence-electron chi connectivity index (χ2n) is 10.7. The van der Waals surface area contributed by atoms with Gasteiger partial charge in [-0.3, -0.25) is 0 Å². The van der Waals surface area contributed by atoms with Crippen LogP contribution in [-0.4, -0.2) is 9.13 Å². The van der Waals surface area contributed by atoms with E-state index in [4.69, 9.17) is 0 Å². The van der Waals surface area contributed by atoms with E-state index in [0.717, 1.165) is 0 Å². The fraction of sp³-hybridized carbons (Fsp3) is 0.0270. The SMILES string of the molecule is C[n+]1c2ccc(-n3c4ccccc4c4ccccc43)cc2[s+]c2cc(-n3c4ccccc4c4ccccc43)ccc21. The molecule has 3 aromatic heterocycles. The quantitative estimate of drug-likeness (QED) is 0.117. The normalized spacial score (nSPS) is 12.0. The van der Waals surface area contributed by atoms with E-state index in [0.29, 0.717) is 0 Å². The van der Waals surface area contributed by atoms with Crippen LogP contribution in [0.4, 0.5) is 0 Å². The molecule has 0 N–H and O–H groups in total. The van der Waals surface area contributed by atoms with Crippen LogP contribution < -0.4 is 4.57 Å². The summed E-state index contributed by atoms with van der Waals surface area (Å²) < 4.78 is 9.65. The van der Waals surface area contributed by atoms with Crippen LogP contribution in [0.25, 0.3) is 75.4 Å². The second-order valence-corrected chi connectivity index (χ2v) is 11.8. The highest BCUT2D eigenvalue weighted by Gasteiger charge is 2.25. The van der Waals surface area contributed by atoms with E-state index in [1.807, 2.05) is 11.3 Å². The fourth-order valence-corrected chi connectivity index (χ4v) is 7.87. The van der Waals surface area contributed by atoms with Crippen molar-refractivity contribution in [2.75, 3.05) is 0 Å². The molecule has 0 aliphatic heterocycles. The first kappa shape index (κ1) is 22.7. The molecule has 0 saturated heterocycles. The monoisotopic (exact) mass is 543 g/mol. The van der Waals surface area contributed by atoms with Crippen LogP contribution in [0.3, 0.4) is 0 Å². The van der Waals surface area contributed by atoms with E-state index >= 15 is 0 Å². The third kappa shape index (κ3) is 3.19. The minimum absolute atomic E-state index is 1.18. The molecule has 3 nitrogen and oxygen atoms in total. The molecule has 0 saturated carbocycles. The van der Waals surface area contributed by atoms with E-state index in [-0.39, 0.29) is 0 Å². The molecule has 6 aromatic carbocycles. The van der Waals surface area contributed by atoms with E-state index in [2.05, 4.69) is 154 Å². The number of rotatable bonds is 2. The molecular formula is C37H25N3S+2. The van der Waals surface area contributed by atoms with Gasteiger partial charge in [-0.1, -0.05) is 72.8 Å².